The minimum absolute atomic E-state index is 0.401. The molecule has 0 aliphatic heterocycles. The maximum Gasteiger partial charge on any atom is 0.337 e. The van der Waals surface area contributed by atoms with Gasteiger partial charge in [0.25, 0.3) is 0 Å². The summed E-state index contributed by atoms with van der Waals surface area (Å²) in [6.07, 6.45) is 3.61. The number of aromatic nitrogens is 2. The normalized spacial score (nSPS) is 10.2. The highest BCUT2D eigenvalue weighted by molar-refractivity contribution is 5.91. The zero-order valence-corrected chi connectivity index (χ0v) is 10.9. The van der Waals surface area contributed by atoms with Gasteiger partial charge in [-0.1, -0.05) is 0 Å². The van der Waals surface area contributed by atoms with Gasteiger partial charge in [-0.15, -0.1) is 0 Å². The number of aryl methyl sites for hydroxylation is 1. The number of hydrogen-bond acceptors (Lipinski definition) is 5. The summed E-state index contributed by atoms with van der Waals surface area (Å²) in [6, 6.07) is 5.01. The van der Waals surface area contributed by atoms with Gasteiger partial charge in [0.15, 0.2) is 0 Å². The highest BCUT2D eigenvalue weighted by Crippen LogP contribution is 2.20. The van der Waals surface area contributed by atoms with Crippen LogP contribution in [-0.2, 0) is 18.3 Å². The third kappa shape index (κ3) is 2.85. The second-order valence-electron chi connectivity index (χ2n) is 4.10. The van der Waals surface area contributed by atoms with E-state index >= 15 is 0 Å². The molecule has 1 aromatic heterocycles. The Morgan fingerprint density at radius 2 is 2.32 bits per heavy atom. The number of nitrogens with two attached hydrogens (primary N) is 1. The van der Waals surface area contributed by atoms with Crippen molar-refractivity contribution < 1.29 is 9.53 Å². The van der Waals surface area contributed by atoms with Gasteiger partial charge in [-0.05, 0) is 18.2 Å². The van der Waals surface area contributed by atoms with E-state index in [-0.39, 0.29) is 0 Å². The fourth-order valence-corrected chi connectivity index (χ4v) is 1.71. The van der Waals surface area contributed by atoms with Gasteiger partial charge in [-0.2, -0.15) is 0 Å². The molecule has 3 N–H and O–H groups in total. The molecule has 0 radical (unpaired) electrons. The first-order valence-electron chi connectivity index (χ1n) is 5.79. The minimum Gasteiger partial charge on any atom is -0.465 e. The van der Waals surface area contributed by atoms with E-state index in [4.69, 9.17) is 5.73 Å². The van der Waals surface area contributed by atoms with Crippen LogP contribution in [0, 0.1) is 0 Å². The van der Waals surface area contributed by atoms with Crippen molar-refractivity contribution >= 4 is 17.3 Å². The Morgan fingerprint density at radius 3 is 2.89 bits per heavy atom. The van der Waals surface area contributed by atoms with Crippen molar-refractivity contribution in [3.63, 3.8) is 0 Å². The summed E-state index contributed by atoms with van der Waals surface area (Å²) in [5.74, 6) is 0.499. The molecular formula is C13H16N4O2. The number of rotatable bonds is 4. The lowest BCUT2D eigenvalue weighted by atomic mass is 10.1. The van der Waals surface area contributed by atoms with Crippen LogP contribution >= 0.6 is 0 Å². The molecule has 0 fully saturated rings. The Hall–Kier alpha value is -2.50. The number of benzene rings is 1. The van der Waals surface area contributed by atoms with Crippen molar-refractivity contribution in [3.8, 4) is 0 Å². The average Bonchev–Trinajstić information content (AvgIpc) is 2.82. The second-order valence-corrected chi connectivity index (χ2v) is 4.10. The molecule has 0 bridgehead atoms. The third-order valence-electron chi connectivity index (χ3n) is 2.83. The summed E-state index contributed by atoms with van der Waals surface area (Å²) in [4.78, 5) is 15.6. The molecule has 0 atom stereocenters. The molecule has 6 heteroatoms. The molecule has 100 valence electrons. The lowest BCUT2D eigenvalue weighted by Crippen LogP contribution is -2.08. The van der Waals surface area contributed by atoms with Crippen molar-refractivity contribution in [1.29, 1.82) is 0 Å². The van der Waals surface area contributed by atoms with Gasteiger partial charge in [-0.3, -0.25) is 0 Å². The van der Waals surface area contributed by atoms with E-state index in [0.29, 0.717) is 17.8 Å². The van der Waals surface area contributed by atoms with E-state index in [1.807, 2.05) is 17.8 Å². The van der Waals surface area contributed by atoms with Crippen LogP contribution in [0.2, 0.25) is 0 Å². The average molecular weight is 260 g/mol. The summed E-state index contributed by atoms with van der Waals surface area (Å²) < 4.78 is 6.56. The first kappa shape index (κ1) is 12.9. The third-order valence-corrected chi connectivity index (χ3v) is 2.83. The smallest absolute Gasteiger partial charge is 0.337 e. The summed E-state index contributed by atoms with van der Waals surface area (Å²) >= 11 is 0. The Morgan fingerprint density at radius 1 is 1.53 bits per heavy atom. The molecule has 0 aliphatic rings. The predicted octanol–water partition coefficient (Wildman–Crippen LogP) is 1.40. The maximum absolute atomic E-state index is 11.4. The number of esters is 1. The van der Waals surface area contributed by atoms with Crippen LogP contribution in [-0.4, -0.2) is 22.6 Å². The van der Waals surface area contributed by atoms with Gasteiger partial charge in [0.05, 0.1) is 30.6 Å². The number of methoxy groups -OCH3 is 1. The van der Waals surface area contributed by atoms with E-state index in [2.05, 4.69) is 15.0 Å². The fraction of sp³-hybridized carbons (Fsp3) is 0.231. The zero-order valence-electron chi connectivity index (χ0n) is 10.9. The summed E-state index contributed by atoms with van der Waals surface area (Å²) in [5, 5.41) is 3.18. The van der Waals surface area contributed by atoms with Crippen molar-refractivity contribution in [1.82, 2.24) is 9.55 Å². The number of ether oxygens (including phenoxy) is 1. The molecule has 19 heavy (non-hydrogen) atoms. The first-order valence-corrected chi connectivity index (χ1v) is 5.79. The maximum atomic E-state index is 11.4. The number of nitrogen functional groups attached to an aromatic ring is 1. The lowest BCUT2D eigenvalue weighted by Gasteiger charge is -2.10. The lowest BCUT2D eigenvalue weighted by molar-refractivity contribution is 0.0601. The molecule has 0 saturated carbocycles. The van der Waals surface area contributed by atoms with Crippen molar-refractivity contribution in [2.75, 3.05) is 18.2 Å². The van der Waals surface area contributed by atoms with Crippen LogP contribution < -0.4 is 11.1 Å². The highest BCUT2D eigenvalue weighted by Gasteiger charge is 2.08. The largest absolute Gasteiger partial charge is 0.465 e. The van der Waals surface area contributed by atoms with Gasteiger partial charge in [0.1, 0.15) is 5.82 Å². The Labute approximate surface area is 111 Å². The van der Waals surface area contributed by atoms with Crippen LogP contribution in [0.3, 0.4) is 0 Å². The topological polar surface area (TPSA) is 82.2 Å². The molecule has 1 heterocycles. The van der Waals surface area contributed by atoms with E-state index in [1.54, 1.807) is 24.4 Å². The van der Waals surface area contributed by atoms with Crippen LogP contribution in [0.15, 0.2) is 30.6 Å². The minimum atomic E-state index is -0.401. The van der Waals surface area contributed by atoms with E-state index < -0.39 is 5.97 Å². The molecular weight excluding hydrogens is 244 g/mol. The molecule has 0 amide bonds. The number of nitrogens with zero attached hydrogens (tertiary/aromatic N) is 2. The number of carbonyl (C=O) groups is 1. The Kier molecular flexibility index (Phi) is 3.70. The predicted molar refractivity (Wildman–Crippen MR) is 72.7 cm³/mol. The number of nitrogens with one attached hydrogen (secondary N) is 1. The Bertz CT molecular complexity index is 592. The van der Waals surface area contributed by atoms with E-state index in [0.717, 1.165) is 11.5 Å². The SMILES string of the molecule is COC(=O)c1ccc(NCc2nccn2C)c(N)c1. The van der Waals surface area contributed by atoms with Gasteiger partial charge in [0.2, 0.25) is 0 Å². The standard InChI is InChI=1S/C13H16N4O2/c1-17-6-5-15-12(17)8-16-11-4-3-9(7-10(11)14)13(18)19-2/h3-7,16H,8,14H2,1-2H3. The number of anilines is 2. The monoisotopic (exact) mass is 260 g/mol. The second kappa shape index (κ2) is 5.43. The van der Waals surface area contributed by atoms with Crippen molar-refractivity contribution in [2.24, 2.45) is 7.05 Å². The molecule has 6 nitrogen and oxygen atoms in total. The van der Waals surface area contributed by atoms with Crippen molar-refractivity contribution in [3.05, 3.63) is 42.0 Å². The van der Waals surface area contributed by atoms with Gasteiger partial charge < -0.3 is 20.4 Å². The highest BCUT2D eigenvalue weighted by atomic mass is 16.5. The molecule has 2 aromatic rings. The number of imidazole rings is 1. The van der Waals surface area contributed by atoms with Crippen molar-refractivity contribution in [2.45, 2.75) is 6.54 Å². The molecule has 0 saturated heterocycles. The van der Waals surface area contributed by atoms with Crippen LogP contribution in [0.4, 0.5) is 11.4 Å². The summed E-state index contributed by atoms with van der Waals surface area (Å²) in [5.41, 5.74) is 7.58. The molecule has 0 aliphatic carbocycles. The quantitative estimate of drug-likeness (QED) is 0.641. The number of carbonyl (C=O) groups excluding carboxylic acids is 1. The van der Waals surface area contributed by atoms with Gasteiger partial charge in [0, 0.05) is 19.4 Å². The van der Waals surface area contributed by atoms with Crippen LogP contribution in [0.5, 0.6) is 0 Å². The summed E-state index contributed by atoms with van der Waals surface area (Å²) in [6.45, 7) is 0.561. The van der Waals surface area contributed by atoms with E-state index in [1.165, 1.54) is 7.11 Å². The van der Waals surface area contributed by atoms with Gasteiger partial charge >= 0.3 is 5.97 Å². The molecule has 0 spiro atoms. The molecule has 1 aromatic carbocycles. The van der Waals surface area contributed by atoms with Gasteiger partial charge in [-0.25, -0.2) is 9.78 Å². The number of hydrogen-bond donors (Lipinski definition) is 2. The molecule has 0 unspecified atom stereocenters. The first-order chi connectivity index (χ1) is 9.11. The fourth-order valence-electron chi connectivity index (χ4n) is 1.71. The van der Waals surface area contributed by atoms with Crippen LogP contribution in [0.25, 0.3) is 0 Å². The Balaban J connectivity index is 2.09. The molecule has 2 rings (SSSR count). The zero-order chi connectivity index (χ0) is 13.8. The summed E-state index contributed by atoms with van der Waals surface area (Å²) in [7, 11) is 3.26. The van der Waals surface area contributed by atoms with E-state index in [9.17, 15) is 4.79 Å². The van der Waals surface area contributed by atoms with Crippen LogP contribution in [0.1, 0.15) is 16.2 Å².